The second-order valence-corrected chi connectivity index (χ2v) is 14.2. The average Bonchev–Trinajstić information content (AvgIpc) is 3.44. The summed E-state index contributed by atoms with van der Waals surface area (Å²) in [5.74, 6) is 2.89. The van der Waals surface area contributed by atoms with Gasteiger partial charge < -0.3 is 15.0 Å². The number of carbonyl (C=O) groups excluding carboxylic acids is 3. The van der Waals surface area contributed by atoms with Gasteiger partial charge in [-0.25, -0.2) is 4.79 Å². The average molecular weight is 591 g/mol. The number of hydrogen-bond donors (Lipinski definition) is 1. The first-order chi connectivity index (χ1) is 19.2. The van der Waals surface area contributed by atoms with Crippen molar-refractivity contribution in [3.8, 4) is 0 Å². The van der Waals surface area contributed by atoms with Gasteiger partial charge in [-0.2, -0.15) is 11.8 Å². The van der Waals surface area contributed by atoms with Gasteiger partial charge in [-0.3, -0.25) is 19.4 Å². The van der Waals surface area contributed by atoms with Crippen LogP contribution in [0.4, 0.5) is 4.79 Å². The lowest BCUT2D eigenvalue weighted by Crippen LogP contribution is -2.58. The van der Waals surface area contributed by atoms with Gasteiger partial charge in [0.05, 0.1) is 5.88 Å². The molecule has 3 fully saturated rings. The van der Waals surface area contributed by atoms with Crippen LogP contribution >= 0.6 is 23.5 Å². The Labute approximate surface area is 248 Å². The van der Waals surface area contributed by atoms with Gasteiger partial charge in [-0.05, 0) is 50.8 Å². The smallest absolute Gasteiger partial charge is 0.411 e. The van der Waals surface area contributed by atoms with Gasteiger partial charge in [0.1, 0.15) is 17.7 Å². The Morgan fingerprint density at radius 1 is 1.05 bits per heavy atom. The van der Waals surface area contributed by atoms with Crippen molar-refractivity contribution in [3.05, 3.63) is 35.9 Å². The van der Waals surface area contributed by atoms with Crippen LogP contribution in [-0.2, 0) is 20.9 Å². The topological polar surface area (TPSA) is 82.2 Å². The molecule has 10 heteroatoms. The second kappa shape index (κ2) is 14.8. The predicted molar refractivity (Wildman–Crippen MR) is 163 cm³/mol. The number of amides is 3. The van der Waals surface area contributed by atoms with Gasteiger partial charge in [-0.15, -0.1) is 11.8 Å². The molecule has 2 atom stereocenters. The highest BCUT2D eigenvalue weighted by molar-refractivity contribution is 7.99. The molecule has 1 aromatic rings. The summed E-state index contributed by atoms with van der Waals surface area (Å²) in [6.45, 7) is 9.25. The van der Waals surface area contributed by atoms with E-state index in [1.54, 1.807) is 11.8 Å². The van der Waals surface area contributed by atoms with Crippen LogP contribution in [0.3, 0.4) is 0 Å². The quantitative estimate of drug-likeness (QED) is 0.456. The maximum atomic E-state index is 13.8. The Hall–Kier alpha value is -1.91. The van der Waals surface area contributed by atoms with Crippen LogP contribution in [0.25, 0.3) is 0 Å². The Bertz CT molecular complexity index is 976. The van der Waals surface area contributed by atoms with Gasteiger partial charge in [0.2, 0.25) is 11.8 Å². The molecule has 8 nitrogen and oxygen atoms in total. The number of ether oxygens (including phenoxy) is 1. The Balaban J connectivity index is 1.36. The summed E-state index contributed by atoms with van der Waals surface area (Å²) in [5.41, 5.74) is 0.637. The van der Waals surface area contributed by atoms with Crippen LogP contribution in [0.5, 0.6) is 0 Å². The van der Waals surface area contributed by atoms with E-state index < -0.39 is 23.8 Å². The molecule has 222 valence electrons. The van der Waals surface area contributed by atoms with Crippen LogP contribution in [0.1, 0.15) is 58.4 Å². The van der Waals surface area contributed by atoms with E-state index in [9.17, 15) is 14.4 Å². The predicted octanol–water partition coefficient (Wildman–Crippen LogP) is 4.44. The third-order valence-electron chi connectivity index (χ3n) is 7.72. The van der Waals surface area contributed by atoms with Crippen LogP contribution in [0.2, 0.25) is 0 Å². The molecule has 40 heavy (non-hydrogen) atoms. The molecule has 3 amide bonds. The molecular formula is C30H46N4O4S2. The SMILES string of the molecule is CC(C)(C)OC(=O)N1CSC[C@H]1C(=O)N[C@@H](CSCC1CCCCC1)C(=O)N1CCN(Cc2ccccc2)CC1. The van der Waals surface area contributed by atoms with Gasteiger partial charge in [0, 0.05) is 44.2 Å². The van der Waals surface area contributed by atoms with Crippen molar-refractivity contribution < 1.29 is 19.1 Å². The van der Waals surface area contributed by atoms with Crippen molar-refractivity contribution >= 4 is 41.4 Å². The van der Waals surface area contributed by atoms with E-state index in [2.05, 4.69) is 34.5 Å². The highest BCUT2D eigenvalue weighted by Crippen LogP contribution is 2.28. The highest BCUT2D eigenvalue weighted by atomic mass is 32.2. The van der Waals surface area contributed by atoms with Crippen molar-refractivity contribution in [3.63, 3.8) is 0 Å². The lowest BCUT2D eigenvalue weighted by Gasteiger charge is -2.37. The number of benzene rings is 1. The molecule has 0 unspecified atom stereocenters. The number of piperazine rings is 1. The summed E-state index contributed by atoms with van der Waals surface area (Å²) in [4.78, 5) is 45.8. The van der Waals surface area contributed by atoms with E-state index in [0.717, 1.165) is 25.4 Å². The van der Waals surface area contributed by atoms with Crippen LogP contribution < -0.4 is 5.32 Å². The molecule has 1 aromatic carbocycles. The zero-order chi connectivity index (χ0) is 28.5. The first-order valence-electron chi connectivity index (χ1n) is 14.7. The van der Waals surface area contributed by atoms with E-state index in [1.165, 1.54) is 54.3 Å². The normalized spacial score (nSPS) is 21.7. The van der Waals surface area contributed by atoms with Gasteiger partial charge in [-0.1, -0.05) is 49.6 Å². The first kappa shape index (κ1) is 31.0. The molecule has 1 aliphatic carbocycles. The summed E-state index contributed by atoms with van der Waals surface area (Å²) in [6.07, 6.45) is 5.93. The first-order valence-corrected chi connectivity index (χ1v) is 17.0. The summed E-state index contributed by atoms with van der Waals surface area (Å²) in [6, 6.07) is 9.16. The monoisotopic (exact) mass is 590 g/mol. The fourth-order valence-electron chi connectivity index (χ4n) is 5.50. The third-order valence-corrected chi connectivity index (χ3v) is 10.0. The molecule has 0 aromatic heterocycles. The largest absolute Gasteiger partial charge is 0.444 e. The maximum absolute atomic E-state index is 13.8. The summed E-state index contributed by atoms with van der Waals surface area (Å²) >= 11 is 3.31. The number of thioether (sulfide) groups is 2. The number of carbonyl (C=O) groups is 3. The van der Waals surface area contributed by atoms with E-state index in [4.69, 9.17) is 4.74 Å². The van der Waals surface area contributed by atoms with Crippen molar-refractivity contribution in [2.45, 2.75) is 77.1 Å². The van der Waals surface area contributed by atoms with Crippen molar-refractivity contribution in [1.82, 2.24) is 20.0 Å². The molecule has 0 bridgehead atoms. The summed E-state index contributed by atoms with van der Waals surface area (Å²) in [5, 5.41) is 3.07. The molecule has 2 saturated heterocycles. The molecule has 3 aliphatic rings. The molecule has 2 heterocycles. The molecule has 0 spiro atoms. The molecule has 1 N–H and O–H groups in total. The fourth-order valence-corrected chi connectivity index (χ4v) is 7.90. The fraction of sp³-hybridized carbons (Fsp3) is 0.700. The van der Waals surface area contributed by atoms with Crippen LogP contribution in [-0.4, -0.2) is 99.6 Å². The van der Waals surface area contributed by atoms with Crippen molar-refractivity contribution in [2.75, 3.05) is 49.3 Å². The lowest BCUT2D eigenvalue weighted by molar-refractivity contribution is -0.138. The minimum absolute atomic E-state index is 0.0154. The van der Waals surface area contributed by atoms with Gasteiger partial charge in [0.15, 0.2) is 0 Å². The lowest BCUT2D eigenvalue weighted by atomic mass is 9.91. The Morgan fingerprint density at radius 3 is 2.42 bits per heavy atom. The molecule has 1 saturated carbocycles. The van der Waals surface area contributed by atoms with Crippen LogP contribution in [0, 0.1) is 5.92 Å². The Morgan fingerprint density at radius 2 is 1.75 bits per heavy atom. The van der Waals surface area contributed by atoms with E-state index in [0.29, 0.717) is 36.4 Å². The van der Waals surface area contributed by atoms with E-state index in [1.807, 2.05) is 31.7 Å². The second-order valence-electron chi connectivity index (χ2n) is 12.2. The van der Waals surface area contributed by atoms with Crippen LogP contribution in [0.15, 0.2) is 30.3 Å². The Kier molecular flexibility index (Phi) is 11.5. The number of rotatable bonds is 9. The zero-order valence-electron chi connectivity index (χ0n) is 24.3. The summed E-state index contributed by atoms with van der Waals surface area (Å²) < 4.78 is 5.54. The summed E-state index contributed by atoms with van der Waals surface area (Å²) in [7, 11) is 0. The molecule has 4 rings (SSSR count). The highest BCUT2D eigenvalue weighted by Gasteiger charge is 2.39. The number of hydrogen-bond acceptors (Lipinski definition) is 7. The van der Waals surface area contributed by atoms with Crippen molar-refractivity contribution in [2.24, 2.45) is 5.92 Å². The molecule has 0 radical (unpaired) electrons. The molecular weight excluding hydrogens is 544 g/mol. The standard InChI is InChI=1S/C30H46N4O4S2/c1-30(2,3)38-29(37)34-22-40-21-26(34)27(35)31-25(20-39-19-24-12-8-5-9-13-24)28(36)33-16-14-32(15-17-33)18-23-10-6-4-7-11-23/h4,6-7,10-11,24-26H,5,8-9,12-22H2,1-3H3,(H,31,35)/t25-,26-/m0/s1. The van der Waals surface area contributed by atoms with Gasteiger partial charge >= 0.3 is 6.09 Å². The van der Waals surface area contributed by atoms with E-state index in [-0.39, 0.29) is 11.8 Å². The zero-order valence-corrected chi connectivity index (χ0v) is 25.9. The minimum atomic E-state index is -0.638. The minimum Gasteiger partial charge on any atom is -0.444 e. The maximum Gasteiger partial charge on any atom is 0.411 e. The number of nitrogens with zero attached hydrogens (tertiary/aromatic N) is 3. The number of nitrogens with one attached hydrogen (secondary N) is 1. The van der Waals surface area contributed by atoms with Gasteiger partial charge in [0.25, 0.3) is 0 Å². The van der Waals surface area contributed by atoms with Crippen molar-refractivity contribution in [1.29, 1.82) is 0 Å². The van der Waals surface area contributed by atoms with E-state index >= 15 is 0 Å². The third kappa shape index (κ3) is 9.31. The molecule has 2 aliphatic heterocycles.